The molecule has 3 saturated heterocycles. The fourth-order valence-electron chi connectivity index (χ4n) is 5.29. The molecule has 0 saturated carbocycles. The number of likely N-dealkylation sites (tertiary alicyclic amines) is 1. The minimum Gasteiger partial charge on any atom is -0.444 e. The van der Waals surface area contributed by atoms with Gasteiger partial charge in [0.25, 0.3) is 0 Å². The van der Waals surface area contributed by atoms with Crippen LogP contribution >= 0.6 is 23.4 Å². The van der Waals surface area contributed by atoms with Crippen LogP contribution in [-0.4, -0.2) is 111 Å². The first-order chi connectivity index (χ1) is 17.3. The van der Waals surface area contributed by atoms with Gasteiger partial charge in [0.15, 0.2) is 0 Å². The van der Waals surface area contributed by atoms with Gasteiger partial charge in [0, 0.05) is 19.1 Å². The molecule has 3 fully saturated rings. The largest absolute Gasteiger partial charge is 0.444 e. The molecule has 0 spiro atoms. The number of carbonyl (C=O) groups is 2. The van der Waals surface area contributed by atoms with E-state index in [2.05, 4.69) is 11.9 Å². The van der Waals surface area contributed by atoms with Crippen LogP contribution in [0.1, 0.15) is 40.5 Å². The number of aliphatic hydroxyl groups is 3. The normalized spacial score (nSPS) is 38.2. The first-order valence-corrected chi connectivity index (χ1v) is 14.4. The molecule has 0 radical (unpaired) electrons. The lowest BCUT2D eigenvalue weighted by atomic mass is 9.89. The fraction of sp³-hybridized carbons (Fsp3) is 0.840. The lowest BCUT2D eigenvalue weighted by Gasteiger charge is -2.44. The molecule has 37 heavy (non-hydrogen) atoms. The Kier molecular flexibility index (Phi) is 10.2. The molecule has 212 valence electrons. The molecule has 12 heteroatoms. The Morgan fingerprint density at radius 1 is 1.24 bits per heavy atom. The number of thioether (sulfide) groups is 1. The summed E-state index contributed by atoms with van der Waals surface area (Å²) in [6, 6.07) is -1.93. The van der Waals surface area contributed by atoms with Gasteiger partial charge in [-0.3, -0.25) is 9.69 Å². The van der Waals surface area contributed by atoms with Crippen molar-refractivity contribution in [3.8, 4) is 0 Å². The predicted molar refractivity (Wildman–Crippen MR) is 140 cm³/mol. The Morgan fingerprint density at radius 3 is 2.49 bits per heavy atom. The number of ether oxygens (including phenoxy) is 3. The number of carbonyl (C=O) groups excluding carboxylic acids is 2. The first-order valence-electron chi connectivity index (χ1n) is 12.7. The van der Waals surface area contributed by atoms with Crippen molar-refractivity contribution in [3.63, 3.8) is 0 Å². The van der Waals surface area contributed by atoms with E-state index in [4.69, 9.17) is 25.8 Å². The van der Waals surface area contributed by atoms with E-state index in [1.807, 2.05) is 6.08 Å². The van der Waals surface area contributed by atoms with Crippen LogP contribution in [0.5, 0.6) is 0 Å². The SMILES string of the molecule is C=C[C@@H]1CCO[C@@H]2[C@@H](C1)CN(C(=O)OC(C)(C)C)[C@@H]2C(=O)N[C@H]([C@H](C)Cl)[C@H]1OC(SC)[C@H](O)[C@H](O)C1O. The van der Waals surface area contributed by atoms with E-state index in [1.54, 1.807) is 34.0 Å². The summed E-state index contributed by atoms with van der Waals surface area (Å²) < 4.78 is 17.6. The van der Waals surface area contributed by atoms with Gasteiger partial charge in [-0.1, -0.05) is 6.08 Å². The molecule has 11 atom stereocenters. The van der Waals surface area contributed by atoms with Gasteiger partial charge in [0.2, 0.25) is 5.91 Å². The quantitative estimate of drug-likeness (QED) is 0.279. The lowest BCUT2D eigenvalue weighted by molar-refractivity contribution is -0.205. The molecule has 0 aromatic heterocycles. The molecular weight excluding hydrogens is 524 g/mol. The summed E-state index contributed by atoms with van der Waals surface area (Å²) >= 11 is 7.62. The molecule has 4 N–H and O–H groups in total. The van der Waals surface area contributed by atoms with E-state index < -0.39 is 71.0 Å². The van der Waals surface area contributed by atoms with Crippen LogP contribution < -0.4 is 5.32 Å². The smallest absolute Gasteiger partial charge is 0.411 e. The average Bonchev–Trinajstić information content (AvgIpc) is 3.05. The van der Waals surface area contributed by atoms with Gasteiger partial charge < -0.3 is 34.8 Å². The highest BCUT2D eigenvalue weighted by atomic mass is 35.5. The third-order valence-corrected chi connectivity index (χ3v) is 8.30. The molecule has 3 aliphatic heterocycles. The maximum absolute atomic E-state index is 13.8. The Balaban J connectivity index is 1.88. The zero-order chi connectivity index (χ0) is 27.7. The summed E-state index contributed by atoms with van der Waals surface area (Å²) in [4.78, 5) is 28.4. The second-order valence-electron chi connectivity index (χ2n) is 11.1. The van der Waals surface area contributed by atoms with Gasteiger partial charge in [-0.2, -0.15) is 0 Å². The number of amides is 2. The zero-order valence-electron chi connectivity index (χ0n) is 22.1. The molecule has 0 bridgehead atoms. The summed E-state index contributed by atoms with van der Waals surface area (Å²) in [7, 11) is 0. The van der Waals surface area contributed by atoms with E-state index in [-0.39, 0.29) is 18.4 Å². The summed E-state index contributed by atoms with van der Waals surface area (Å²) in [5.74, 6) is -0.421. The minimum atomic E-state index is -1.49. The highest BCUT2D eigenvalue weighted by Gasteiger charge is 2.53. The molecule has 2 unspecified atom stereocenters. The highest BCUT2D eigenvalue weighted by molar-refractivity contribution is 7.99. The lowest BCUT2D eigenvalue weighted by Crippen LogP contribution is -2.65. The number of hydrogen-bond donors (Lipinski definition) is 4. The predicted octanol–water partition coefficient (Wildman–Crippen LogP) is 1.49. The van der Waals surface area contributed by atoms with Crippen molar-refractivity contribution in [2.75, 3.05) is 19.4 Å². The number of nitrogens with one attached hydrogen (secondary N) is 1. The van der Waals surface area contributed by atoms with Crippen molar-refractivity contribution in [2.45, 2.75) is 99.6 Å². The summed E-state index contributed by atoms with van der Waals surface area (Å²) in [5.41, 5.74) is -1.59. The average molecular weight is 565 g/mol. The van der Waals surface area contributed by atoms with Crippen LogP contribution in [0, 0.1) is 11.8 Å². The van der Waals surface area contributed by atoms with Crippen molar-refractivity contribution in [1.82, 2.24) is 10.2 Å². The molecule has 0 aromatic rings. The van der Waals surface area contributed by atoms with Gasteiger partial charge in [-0.05, 0) is 52.7 Å². The van der Waals surface area contributed by atoms with Gasteiger partial charge in [-0.15, -0.1) is 29.9 Å². The van der Waals surface area contributed by atoms with E-state index in [0.717, 1.165) is 12.8 Å². The third-order valence-electron chi connectivity index (χ3n) is 7.17. The number of rotatable bonds is 6. The highest BCUT2D eigenvalue weighted by Crippen LogP contribution is 2.37. The van der Waals surface area contributed by atoms with Crippen molar-refractivity contribution in [2.24, 2.45) is 11.8 Å². The van der Waals surface area contributed by atoms with Crippen molar-refractivity contribution >= 4 is 35.4 Å². The Hall–Kier alpha value is -1.08. The van der Waals surface area contributed by atoms with Gasteiger partial charge in [0.05, 0.1) is 17.5 Å². The standard InChI is InChI=1S/C25H41ClN2O8S/c1-7-13-8-9-34-20-14(10-13)11-28(24(33)36-25(3,4)5)16(20)22(32)27-15(12(2)26)21-18(30)17(29)19(31)23(35-21)37-6/h7,12-21,23,29-31H,1,8-11H2,2-6H3,(H,27,32)/t12-,13+,14-,15+,16-,17+,18?,19+,20+,21+,23?/m0/s1. The maximum atomic E-state index is 13.8. The monoisotopic (exact) mass is 564 g/mol. The molecule has 10 nitrogen and oxygen atoms in total. The number of aliphatic hydroxyl groups excluding tert-OH is 3. The van der Waals surface area contributed by atoms with Crippen molar-refractivity contribution in [1.29, 1.82) is 0 Å². The van der Waals surface area contributed by atoms with E-state index in [0.29, 0.717) is 6.61 Å². The van der Waals surface area contributed by atoms with Crippen LogP contribution in [0.3, 0.4) is 0 Å². The summed E-state index contributed by atoms with van der Waals surface area (Å²) in [6.07, 6.45) is -1.49. The maximum Gasteiger partial charge on any atom is 0.411 e. The Labute approximate surface area is 228 Å². The molecule has 0 aromatic carbocycles. The fourth-order valence-corrected chi connectivity index (χ4v) is 6.18. The van der Waals surface area contributed by atoms with Gasteiger partial charge in [-0.25, -0.2) is 4.79 Å². The summed E-state index contributed by atoms with van der Waals surface area (Å²) in [6.45, 7) is 11.5. The second kappa shape index (κ2) is 12.4. The summed E-state index contributed by atoms with van der Waals surface area (Å²) in [5, 5.41) is 33.5. The molecule has 3 heterocycles. The number of fused-ring (bicyclic) bond motifs is 1. The topological polar surface area (TPSA) is 138 Å². The molecule has 0 aliphatic carbocycles. The van der Waals surface area contributed by atoms with Crippen molar-refractivity contribution in [3.05, 3.63) is 12.7 Å². The molecular formula is C25H41ClN2O8S. The number of nitrogens with zero attached hydrogens (tertiary/aromatic N) is 1. The number of allylic oxidation sites excluding steroid dienone is 1. The van der Waals surface area contributed by atoms with Crippen LogP contribution in [0.2, 0.25) is 0 Å². The van der Waals surface area contributed by atoms with E-state index in [9.17, 15) is 24.9 Å². The van der Waals surface area contributed by atoms with E-state index >= 15 is 0 Å². The van der Waals surface area contributed by atoms with Gasteiger partial charge in [0.1, 0.15) is 41.5 Å². The Morgan fingerprint density at radius 2 is 1.92 bits per heavy atom. The first kappa shape index (κ1) is 30.5. The van der Waals surface area contributed by atoms with E-state index in [1.165, 1.54) is 16.7 Å². The van der Waals surface area contributed by atoms with Crippen LogP contribution in [0.25, 0.3) is 0 Å². The Bertz CT molecular complexity index is 825. The molecule has 2 amide bonds. The van der Waals surface area contributed by atoms with Crippen molar-refractivity contribution < 1.29 is 39.1 Å². The zero-order valence-corrected chi connectivity index (χ0v) is 23.7. The van der Waals surface area contributed by atoms with Crippen LogP contribution in [-0.2, 0) is 19.0 Å². The van der Waals surface area contributed by atoms with Gasteiger partial charge >= 0.3 is 6.09 Å². The number of alkyl halides is 1. The molecule has 3 rings (SSSR count). The second-order valence-corrected chi connectivity index (χ2v) is 12.7. The van der Waals surface area contributed by atoms with Crippen LogP contribution in [0.4, 0.5) is 4.79 Å². The third kappa shape index (κ3) is 6.93. The van der Waals surface area contributed by atoms with Crippen LogP contribution in [0.15, 0.2) is 12.7 Å². The molecule has 3 aliphatic rings. The minimum absolute atomic E-state index is 0.102. The number of halogens is 1. The number of hydrogen-bond acceptors (Lipinski definition) is 9.